The van der Waals surface area contributed by atoms with Crippen molar-refractivity contribution in [1.29, 1.82) is 0 Å². The zero-order valence-corrected chi connectivity index (χ0v) is 13.2. The summed E-state index contributed by atoms with van der Waals surface area (Å²) in [5, 5.41) is 0. The topological polar surface area (TPSA) is 47.7 Å². The Morgan fingerprint density at radius 1 is 1.26 bits per heavy atom. The molecular weight excluding hydrogens is 240 g/mol. The molecule has 2 unspecified atom stereocenters. The van der Waals surface area contributed by atoms with Gasteiger partial charge < -0.3 is 15.2 Å². The minimum Gasteiger partial charge on any atom is -0.376 e. The van der Waals surface area contributed by atoms with Gasteiger partial charge in [-0.2, -0.15) is 0 Å². The van der Waals surface area contributed by atoms with Gasteiger partial charge in [0.15, 0.2) is 0 Å². The number of morpholine rings is 1. The van der Waals surface area contributed by atoms with Gasteiger partial charge in [0.1, 0.15) is 0 Å². The van der Waals surface area contributed by atoms with Crippen LogP contribution in [0, 0.1) is 0 Å². The van der Waals surface area contributed by atoms with Crippen LogP contribution in [0.15, 0.2) is 0 Å². The predicted octanol–water partition coefficient (Wildman–Crippen LogP) is 1.77. The standard InChI is InChI=1S/C15H30N2O2/c1-6-12-9-17(7-8-18-12)15(11-16)10-13(2,3)19-14(15,4)5/h12H,6-11,16H2,1-5H3. The van der Waals surface area contributed by atoms with Gasteiger partial charge in [-0.25, -0.2) is 0 Å². The molecule has 0 aromatic heterocycles. The Kier molecular flexibility index (Phi) is 4.00. The van der Waals surface area contributed by atoms with E-state index in [1.807, 2.05) is 0 Å². The van der Waals surface area contributed by atoms with Crippen LogP contribution in [0.1, 0.15) is 47.5 Å². The van der Waals surface area contributed by atoms with E-state index >= 15 is 0 Å². The Labute approximate surface area is 117 Å². The molecule has 2 aliphatic rings. The summed E-state index contributed by atoms with van der Waals surface area (Å²) < 4.78 is 12.1. The third-order valence-electron chi connectivity index (χ3n) is 4.91. The van der Waals surface area contributed by atoms with Crippen molar-refractivity contribution in [3.8, 4) is 0 Å². The van der Waals surface area contributed by atoms with Crippen LogP contribution in [0.25, 0.3) is 0 Å². The highest BCUT2D eigenvalue weighted by molar-refractivity contribution is 5.13. The summed E-state index contributed by atoms with van der Waals surface area (Å²) in [4.78, 5) is 2.53. The number of hydrogen-bond donors (Lipinski definition) is 1. The molecule has 2 atom stereocenters. The molecule has 19 heavy (non-hydrogen) atoms. The summed E-state index contributed by atoms with van der Waals surface area (Å²) in [6.07, 6.45) is 2.37. The fourth-order valence-corrected chi connectivity index (χ4v) is 4.03. The quantitative estimate of drug-likeness (QED) is 0.849. The van der Waals surface area contributed by atoms with Crippen molar-refractivity contribution >= 4 is 0 Å². The van der Waals surface area contributed by atoms with Crippen LogP contribution in [-0.4, -0.2) is 54.0 Å². The molecule has 0 aliphatic carbocycles. The summed E-state index contributed by atoms with van der Waals surface area (Å²) in [7, 11) is 0. The molecule has 2 N–H and O–H groups in total. The Morgan fingerprint density at radius 2 is 1.95 bits per heavy atom. The number of nitrogens with zero attached hydrogens (tertiary/aromatic N) is 1. The zero-order valence-electron chi connectivity index (χ0n) is 13.2. The Bertz CT molecular complexity index is 330. The van der Waals surface area contributed by atoms with E-state index < -0.39 is 0 Å². The van der Waals surface area contributed by atoms with Crippen molar-refractivity contribution in [2.24, 2.45) is 5.73 Å². The largest absolute Gasteiger partial charge is 0.376 e. The van der Waals surface area contributed by atoms with Crippen LogP contribution >= 0.6 is 0 Å². The third kappa shape index (κ3) is 2.56. The van der Waals surface area contributed by atoms with Gasteiger partial charge in [0.25, 0.3) is 0 Å². The Morgan fingerprint density at radius 3 is 2.42 bits per heavy atom. The Balaban J connectivity index is 2.27. The SMILES string of the molecule is CCC1CN(C2(CN)CC(C)(C)OC2(C)C)CCO1. The first kappa shape index (κ1) is 15.2. The maximum atomic E-state index is 6.30. The summed E-state index contributed by atoms with van der Waals surface area (Å²) >= 11 is 0. The average Bonchev–Trinajstić information content (AvgIpc) is 2.54. The molecule has 4 heteroatoms. The predicted molar refractivity (Wildman–Crippen MR) is 77.2 cm³/mol. The van der Waals surface area contributed by atoms with Crippen molar-refractivity contribution in [1.82, 2.24) is 4.90 Å². The smallest absolute Gasteiger partial charge is 0.0830 e. The summed E-state index contributed by atoms with van der Waals surface area (Å²) in [5.74, 6) is 0. The van der Waals surface area contributed by atoms with E-state index in [4.69, 9.17) is 15.2 Å². The highest BCUT2D eigenvalue weighted by Crippen LogP contribution is 2.48. The minimum absolute atomic E-state index is 0.0757. The average molecular weight is 270 g/mol. The zero-order chi connectivity index (χ0) is 14.3. The van der Waals surface area contributed by atoms with Gasteiger partial charge >= 0.3 is 0 Å². The fraction of sp³-hybridized carbons (Fsp3) is 1.00. The Hall–Kier alpha value is -0.160. The number of nitrogens with two attached hydrogens (primary N) is 1. The molecule has 0 bridgehead atoms. The van der Waals surface area contributed by atoms with Crippen LogP contribution in [0.5, 0.6) is 0 Å². The van der Waals surface area contributed by atoms with Gasteiger partial charge in [-0.15, -0.1) is 0 Å². The van der Waals surface area contributed by atoms with E-state index in [9.17, 15) is 0 Å². The van der Waals surface area contributed by atoms with Gasteiger partial charge in [0, 0.05) is 19.6 Å². The molecule has 4 nitrogen and oxygen atoms in total. The van der Waals surface area contributed by atoms with E-state index in [1.54, 1.807) is 0 Å². The van der Waals surface area contributed by atoms with Crippen LogP contribution < -0.4 is 5.73 Å². The number of rotatable bonds is 3. The maximum Gasteiger partial charge on any atom is 0.0830 e. The van der Waals surface area contributed by atoms with Crippen molar-refractivity contribution in [3.05, 3.63) is 0 Å². The molecular formula is C15H30N2O2. The lowest BCUT2D eigenvalue weighted by molar-refractivity contribution is -0.130. The molecule has 2 heterocycles. The van der Waals surface area contributed by atoms with Crippen LogP contribution in [0.3, 0.4) is 0 Å². The maximum absolute atomic E-state index is 6.30. The molecule has 112 valence electrons. The fourth-order valence-electron chi connectivity index (χ4n) is 4.03. The van der Waals surface area contributed by atoms with E-state index in [-0.39, 0.29) is 16.7 Å². The van der Waals surface area contributed by atoms with Crippen LogP contribution in [0.4, 0.5) is 0 Å². The van der Waals surface area contributed by atoms with Gasteiger partial charge in [-0.05, 0) is 40.5 Å². The lowest BCUT2D eigenvalue weighted by atomic mass is 9.77. The second kappa shape index (κ2) is 4.99. The van der Waals surface area contributed by atoms with E-state index in [2.05, 4.69) is 39.5 Å². The van der Waals surface area contributed by atoms with E-state index in [0.717, 1.165) is 32.5 Å². The van der Waals surface area contributed by atoms with Gasteiger partial charge in [0.2, 0.25) is 0 Å². The van der Waals surface area contributed by atoms with Crippen LogP contribution in [-0.2, 0) is 9.47 Å². The molecule has 2 saturated heterocycles. The minimum atomic E-state index is -0.221. The number of hydrogen-bond acceptors (Lipinski definition) is 4. The molecule has 2 aliphatic heterocycles. The molecule has 0 saturated carbocycles. The molecule has 0 aromatic rings. The van der Waals surface area contributed by atoms with Crippen LogP contribution in [0.2, 0.25) is 0 Å². The first-order chi connectivity index (χ1) is 8.76. The number of ether oxygens (including phenoxy) is 2. The van der Waals surface area contributed by atoms with Crippen molar-refractivity contribution in [2.75, 3.05) is 26.2 Å². The van der Waals surface area contributed by atoms with Gasteiger partial charge in [-0.1, -0.05) is 6.92 Å². The van der Waals surface area contributed by atoms with E-state index in [1.165, 1.54) is 0 Å². The van der Waals surface area contributed by atoms with Gasteiger partial charge in [0.05, 0.1) is 29.5 Å². The van der Waals surface area contributed by atoms with Crippen molar-refractivity contribution < 1.29 is 9.47 Å². The second-order valence-corrected chi connectivity index (χ2v) is 7.13. The summed E-state index contributed by atoms with van der Waals surface area (Å²) in [6, 6.07) is 0. The van der Waals surface area contributed by atoms with E-state index in [0.29, 0.717) is 12.6 Å². The normalized spacial score (nSPS) is 38.5. The van der Waals surface area contributed by atoms with Gasteiger partial charge in [-0.3, -0.25) is 4.90 Å². The van der Waals surface area contributed by atoms with Crippen molar-refractivity contribution in [3.63, 3.8) is 0 Å². The summed E-state index contributed by atoms with van der Waals surface area (Å²) in [6.45, 7) is 14.3. The highest BCUT2D eigenvalue weighted by atomic mass is 16.5. The van der Waals surface area contributed by atoms with Crippen molar-refractivity contribution in [2.45, 2.75) is 70.3 Å². The molecule has 0 radical (unpaired) electrons. The third-order valence-corrected chi connectivity index (χ3v) is 4.91. The molecule has 0 amide bonds. The summed E-state index contributed by atoms with van der Waals surface area (Å²) in [5.41, 5.74) is 5.82. The lowest BCUT2D eigenvalue weighted by Crippen LogP contribution is -2.66. The molecule has 2 rings (SSSR count). The lowest BCUT2D eigenvalue weighted by Gasteiger charge is -2.50. The molecule has 0 aromatic carbocycles. The molecule has 0 spiro atoms. The second-order valence-electron chi connectivity index (χ2n) is 7.13. The monoisotopic (exact) mass is 270 g/mol. The first-order valence-corrected chi connectivity index (χ1v) is 7.53. The first-order valence-electron chi connectivity index (χ1n) is 7.53. The highest BCUT2D eigenvalue weighted by Gasteiger charge is 2.59. The molecule has 2 fully saturated rings.